The summed E-state index contributed by atoms with van der Waals surface area (Å²) in [5.41, 5.74) is 1.02. The summed E-state index contributed by atoms with van der Waals surface area (Å²) in [6.45, 7) is 3.78. The number of hydrogen-bond donors (Lipinski definition) is 2. The zero-order valence-electron chi connectivity index (χ0n) is 11.8. The van der Waals surface area contributed by atoms with Gasteiger partial charge in [-0.1, -0.05) is 6.07 Å². The van der Waals surface area contributed by atoms with Crippen LogP contribution in [0.3, 0.4) is 0 Å². The summed E-state index contributed by atoms with van der Waals surface area (Å²) in [5, 5.41) is 15.5. The highest BCUT2D eigenvalue weighted by Crippen LogP contribution is 2.43. The molecule has 1 heterocycles. The molecule has 1 aliphatic carbocycles. The fourth-order valence-electron chi connectivity index (χ4n) is 2.80. The summed E-state index contributed by atoms with van der Waals surface area (Å²) >= 11 is 1.99. The highest BCUT2D eigenvalue weighted by Gasteiger charge is 2.45. The highest BCUT2D eigenvalue weighted by atomic mass is 79.9. The molecular formula is C14H21BrN2O2S. The van der Waals surface area contributed by atoms with Crippen molar-refractivity contribution in [2.45, 2.75) is 44.0 Å². The summed E-state index contributed by atoms with van der Waals surface area (Å²) < 4.78 is 11.9. The molecule has 0 radical (unpaired) electrons. The molecule has 1 aromatic heterocycles. The van der Waals surface area contributed by atoms with Gasteiger partial charge in [0.25, 0.3) is 0 Å². The quantitative estimate of drug-likeness (QED) is 0.622. The largest absolute Gasteiger partial charge is 0.598 e. The lowest BCUT2D eigenvalue weighted by Gasteiger charge is -2.44. The van der Waals surface area contributed by atoms with E-state index in [0.29, 0.717) is 12.3 Å². The molecule has 4 nitrogen and oxygen atoms in total. The van der Waals surface area contributed by atoms with E-state index >= 15 is 0 Å². The van der Waals surface area contributed by atoms with Gasteiger partial charge in [0, 0.05) is 23.5 Å². The minimum absolute atomic E-state index is 0.151. The minimum atomic E-state index is -1.38. The number of pyridine rings is 1. The van der Waals surface area contributed by atoms with E-state index in [2.05, 4.69) is 20.9 Å². The second-order valence-electron chi connectivity index (χ2n) is 6.14. The zero-order chi connectivity index (χ0) is 14.9. The van der Waals surface area contributed by atoms with Crippen LogP contribution in [0.15, 0.2) is 22.8 Å². The van der Waals surface area contributed by atoms with Crippen molar-refractivity contribution in [2.24, 2.45) is 17.0 Å². The molecule has 0 saturated heterocycles. The number of aliphatic hydroxyl groups excluding tert-OH is 1. The van der Waals surface area contributed by atoms with E-state index in [1.807, 2.05) is 32.0 Å². The molecule has 0 aromatic carbocycles. The number of aliphatic hydroxyl groups is 1. The first-order chi connectivity index (χ1) is 9.29. The zero-order valence-corrected chi connectivity index (χ0v) is 14.2. The smallest absolute Gasteiger partial charge is 0.139 e. The molecule has 3 N–H and O–H groups in total. The molecule has 0 aliphatic heterocycles. The second kappa shape index (κ2) is 6.32. The number of aromatic nitrogens is 1. The van der Waals surface area contributed by atoms with Gasteiger partial charge in [-0.05, 0) is 66.6 Å². The minimum Gasteiger partial charge on any atom is -0.598 e. The Labute approximate surface area is 131 Å². The Morgan fingerprint density at radius 1 is 1.55 bits per heavy atom. The molecule has 1 fully saturated rings. The van der Waals surface area contributed by atoms with Gasteiger partial charge in [0.05, 0.1) is 6.10 Å². The van der Waals surface area contributed by atoms with Crippen LogP contribution in [0.5, 0.6) is 0 Å². The molecule has 2 rings (SSSR count). The summed E-state index contributed by atoms with van der Waals surface area (Å²) in [7, 11) is 0. The third kappa shape index (κ3) is 3.74. The van der Waals surface area contributed by atoms with Crippen LogP contribution in [0.1, 0.15) is 32.4 Å². The Balaban J connectivity index is 1.99. The fraction of sp³-hybridized carbons (Fsp3) is 0.643. The average molecular weight is 361 g/mol. The Kier molecular flexibility index (Phi) is 5.13. The lowest BCUT2D eigenvalue weighted by molar-refractivity contribution is -0.0416. The maximum Gasteiger partial charge on any atom is 0.139 e. The Bertz CT molecular complexity index is 470. The molecule has 0 spiro atoms. The maximum atomic E-state index is 11.5. The van der Waals surface area contributed by atoms with Gasteiger partial charge in [-0.15, -0.1) is 0 Å². The third-order valence-corrected chi connectivity index (χ3v) is 5.86. The first-order valence-electron chi connectivity index (χ1n) is 6.75. The molecule has 1 saturated carbocycles. The van der Waals surface area contributed by atoms with E-state index in [1.165, 1.54) is 0 Å². The van der Waals surface area contributed by atoms with Gasteiger partial charge in [0.1, 0.15) is 9.35 Å². The van der Waals surface area contributed by atoms with E-state index in [1.54, 1.807) is 0 Å². The van der Waals surface area contributed by atoms with Crippen molar-refractivity contribution in [2.75, 3.05) is 0 Å². The van der Waals surface area contributed by atoms with Crippen LogP contribution in [0.4, 0.5) is 0 Å². The van der Waals surface area contributed by atoms with Gasteiger partial charge in [-0.2, -0.15) is 5.14 Å². The van der Waals surface area contributed by atoms with Gasteiger partial charge in [-0.3, -0.25) is 0 Å². The fourth-order valence-corrected chi connectivity index (χ4v) is 3.53. The first-order valence-corrected chi connectivity index (χ1v) is 8.76. The molecule has 20 heavy (non-hydrogen) atoms. The van der Waals surface area contributed by atoms with Crippen LogP contribution < -0.4 is 5.14 Å². The Morgan fingerprint density at radius 2 is 2.25 bits per heavy atom. The summed E-state index contributed by atoms with van der Waals surface area (Å²) in [6.07, 6.45) is 1.99. The van der Waals surface area contributed by atoms with Crippen LogP contribution in [-0.4, -0.2) is 25.5 Å². The van der Waals surface area contributed by atoms with Crippen molar-refractivity contribution in [3.05, 3.63) is 28.5 Å². The normalized spacial score (nSPS) is 28.0. The topological polar surface area (TPSA) is 82.2 Å². The summed E-state index contributed by atoms with van der Waals surface area (Å²) in [6, 6.07) is 5.87. The lowest BCUT2D eigenvalue weighted by atomic mass is 9.65. The molecule has 6 heteroatoms. The van der Waals surface area contributed by atoms with Crippen molar-refractivity contribution in [3.63, 3.8) is 0 Å². The molecule has 4 atom stereocenters. The molecule has 1 aliphatic rings. The predicted octanol–water partition coefficient (Wildman–Crippen LogP) is 2.17. The molecule has 0 bridgehead atoms. The van der Waals surface area contributed by atoms with Gasteiger partial charge >= 0.3 is 0 Å². The number of rotatable bonds is 5. The van der Waals surface area contributed by atoms with Gasteiger partial charge in [0.2, 0.25) is 0 Å². The van der Waals surface area contributed by atoms with Crippen molar-refractivity contribution >= 4 is 27.3 Å². The van der Waals surface area contributed by atoms with Gasteiger partial charge in [0.15, 0.2) is 0 Å². The Morgan fingerprint density at radius 3 is 2.80 bits per heavy atom. The lowest BCUT2D eigenvalue weighted by Crippen LogP contribution is -2.49. The van der Waals surface area contributed by atoms with Crippen LogP contribution in [0.25, 0.3) is 0 Å². The maximum absolute atomic E-state index is 11.5. The molecular weight excluding hydrogens is 340 g/mol. The Hall–Kier alpha value is -0.140. The number of halogens is 1. The number of nitrogens with zero attached hydrogens (tertiary/aromatic N) is 1. The third-order valence-electron chi connectivity index (χ3n) is 4.16. The van der Waals surface area contributed by atoms with Crippen molar-refractivity contribution < 1.29 is 9.66 Å². The molecule has 0 amide bonds. The monoisotopic (exact) mass is 360 g/mol. The van der Waals surface area contributed by atoms with E-state index in [0.717, 1.165) is 23.1 Å². The second-order valence-corrected chi connectivity index (χ2v) is 8.66. The van der Waals surface area contributed by atoms with Crippen LogP contribution >= 0.6 is 15.9 Å². The molecule has 4 unspecified atom stereocenters. The summed E-state index contributed by atoms with van der Waals surface area (Å²) in [4.78, 5) is 4.44. The van der Waals surface area contributed by atoms with E-state index in [9.17, 15) is 9.66 Å². The van der Waals surface area contributed by atoms with Crippen LogP contribution in [0.2, 0.25) is 0 Å². The average Bonchev–Trinajstić information content (AvgIpc) is 2.36. The van der Waals surface area contributed by atoms with Gasteiger partial charge in [-0.25, -0.2) is 4.98 Å². The number of hydrogen-bond acceptors (Lipinski definition) is 4. The predicted molar refractivity (Wildman–Crippen MR) is 84.3 cm³/mol. The molecule has 112 valence electrons. The SMILES string of the molecule is CC(C)(CC1C(O)CC1Cc1cccc(Br)n1)[S+](N)[O-]. The van der Waals surface area contributed by atoms with Crippen molar-refractivity contribution in [3.8, 4) is 0 Å². The van der Waals surface area contributed by atoms with Crippen molar-refractivity contribution in [1.82, 2.24) is 4.98 Å². The first kappa shape index (κ1) is 16.2. The standard InChI is InChI=1S/C14H21BrN2O2S/c1-14(2,20(16)19)8-11-9(7-12(11)18)6-10-4-3-5-13(15)17-10/h3-5,9,11-12,18H,6-8,16H2,1-2H3. The van der Waals surface area contributed by atoms with Crippen molar-refractivity contribution in [1.29, 1.82) is 0 Å². The highest BCUT2D eigenvalue weighted by molar-refractivity contribution is 9.10. The molecule has 1 aromatic rings. The van der Waals surface area contributed by atoms with E-state index in [4.69, 9.17) is 5.14 Å². The van der Waals surface area contributed by atoms with Crippen LogP contribution in [0, 0.1) is 11.8 Å². The van der Waals surface area contributed by atoms with Crippen LogP contribution in [-0.2, 0) is 17.8 Å². The van der Waals surface area contributed by atoms with Gasteiger partial charge < -0.3 is 9.66 Å². The summed E-state index contributed by atoms with van der Waals surface area (Å²) in [5.74, 6) is 0.535. The number of nitrogens with two attached hydrogens (primary N) is 1. The van der Waals surface area contributed by atoms with E-state index < -0.39 is 16.1 Å². The van der Waals surface area contributed by atoms with E-state index in [-0.39, 0.29) is 12.0 Å².